The maximum atomic E-state index is 13.9. The van der Waals surface area contributed by atoms with E-state index in [1.807, 2.05) is 6.07 Å². The summed E-state index contributed by atoms with van der Waals surface area (Å²) < 4.78 is 26.3. The van der Waals surface area contributed by atoms with Crippen molar-refractivity contribution in [3.05, 3.63) is 98.9 Å². The van der Waals surface area contributed by atoms with Gasteiger partial charge in [0.2, 0.25) is 5.88 Å². The monoisotopic (exact) mass is 377 g/mol. The van der Waals surface area contributed by atoms with Crippen LogP contribution >= 0.6 is 0 Å². The van der Waals surface area contributed by atoms with Crippen LogP contribution in [0.2, 0.25) is 0 Å². The summed E-state index contributed by atoms with van der Waals surface area (Å²) in [6, 6.07) is 13.0. The van der Waals surface area contributed by atoms with Crippen LogP contribution in [0, 0.1) is 24.1 Å². The van der Waals surface area contributed by atoms with Gasteiger partial charge in [0.15, 0.2) is 0 Å². The van der Waals surface area contributed by atoms with Crippen molar-refractivity contribution in [2.45, 2.75) is 19.4 Å². The van der Waals surface area contributed by atoms with E-state index < -0.39 is 11.7 Å². The van der Waals surface area contributed by atoms with Crippen molar-refractivity contribution in [1.29, 1.82) is 5.26 Å². The van der Waals surface area contributed by atoms with E-state index >= 15 is 0 Å². The van der Waals surface area contributed by atoms with Crippen LogP contribution in [0.5, 0.6) is 5.75 Å². The van der Waals surface area contributed by atoms with E-state index in [0.717, 1.165) is 0 Å². The molecule has 0 saturated carbocycles. The average molecular weight is 377 g/mol. The lowest BCUT2D eigenvalue weighted by Gasteiger charge is -2.27. The molecule has 4 rings (SSSR count). The molecule has 0 spiro atoms. The normalized spacial score (nSPS) is 15.7. The van der Waals surface area contributed by atoms with E-state index in [2.05, 4.69) is 0 Å². The highest BCUT2D eigenvalue weighted by Gasteiger charge is 2.34. The predicted octanol–water partition coefficient (Wildman–Crippen LogP) is 3.16. The van der Waals surface area contributed by atoms with Crippen molar-refractivity contribution in [1.82, 2.24) is 4.57 Å². The van der Waals surface area contributed by atoms with Crippen LogP contribution in [0.4, 0.5) is 4.39 Å². The number of hydrogen-bond acceptors (Lipinski definition) is 5. The van der Waals surface area contributed by atoms with Gasteiger partial charge in [-0.15, -0.1) is 0 Å². The first-order valence-corrected chi connectivity index (χ1v) is 8.59. The predicted molar refractivity (Wildman–Crippen MR) is 98.9 cm³/mol. The molecule has 6 nitrogen and oxygen atoms in total. The molecule has 0 aliphatic carbocycles. The number of ether oxygens (including phenoxy) is 1. The molecular formula is C21H16FN3O3. The van der Waals surface area contributed by atoms with Gasteiger partial charge in [-0.2, -0.15) is 5.26 Å². The number of nitriles is 1. The number of nitrogens with zero attached hydrogens (tertiary/aromatic N) is 2. The number of benzene rings is 1. The van der Waals surface area contributed by atoms with Crippen LogP contribution in [0.3, 0.4) is 0 Å². The number of furan rings is 1. The third-order valence-corrected chi connectivity index (χ3v) is 4.77. The number of nitrogens with two attached hydrogens (primary N) is 1. The fourth-order valence-corrected chi connectivity index (χ4v) is 3.46. The van der Waals surface area contributed by atoms with Gasteiger partial charge in [-0.3, -0.25) is 4.79 Å². The maximum Gasteiger partial charge on any atom is 0.259 e. The van der Waals surface area contributed by atoms with Gasteiger partial charge < -0.3 is 19.5 Å². The first kappa shape index (κ1) is 17.6. The molecular weight excluding hydrogens is 361 g/mol. The molecule has 2 aromatic heterocycles. The molecule has 0 amide bonds. The average Bonchev–Trinajstić information content (AvgIpc) is 3.17. The molecule has 2 N–H and O–H groups in total. The third-order valence-electron chi connectivity index (χ3n) is 4.77. The molecule has 7 heteroatoms. The summed E-state index contributed by atoms with van der Waals surface area (Å²) in [4.78, 5) is 13.4. The zero-order valence-corrected chi connectivity index (χ0v) is 15.0. The second-order valence-electron chi connectivity index (χ2n) is 6.51. The Bertz CT molecular complexity index is 1190. The summed E-state index contributed by atoms with van der Waals surface area (Å²) in [6.45, 7) is 1.99. The molecule has 0 fully saturated rings. The highest BCUT2D eigenvalue weighted by Crippen LogP contribution is 2.40. The summed E-state index contributed by atoms with van der Waals surface area (Å²) >= 11 is 0. The van der Waals surface area contributed by atoms with Crippen molar-refractivity contribution in [2.24, 2.45) is 5.73 Å². The highest BCUT2D eigenvalue weighted by atomic mass is 19.1. The number of fused-ring (bicyclic) bond motifs is 1. The molecule has 1 aliphatic rings. The van der Waals surface area contributed by atoms with Gasteiger partial charge in [-0.25, -0.2) is 4.39 Å². The number of halogens is 1. The minimum absolute atomic E-state index is 0.0728. The number of rotatable bonds is 3. The van der Waals surface area contributed by atoms with Crippen molar-refractivity contribution >= 4 is 0 Å². The SMILES string of the molecule is Cc1cc2c(c(=O)n1Cc1ccco1)C(c1cccc(F)c1)C(C#N)=C(N)O2. The zero-order chi connectivity index (χ0) is 19.8. The summed E-state index contributed by atoms with van der Waals surface area (Å²) in [5.41, 5.74) is 7.00. The van der Waals surface area contributed by atoms with Gasteiger partial charge >= 0.3 is 0 Å². The third kappa shape index (κ3) is 2.85. The van der Waals surface area contributed by atoms with Gasteiger partial charge in [0.25, 0.3) is 5.56 Å². The van der Waals surface area contributed by atoms with E-state index in [1.165, 1.54) is 29.0 Å². The fourth-order valence-electron chi connectivity index (χ4n) is 3.46. The molecule has 1 atom stereocenters. The Balaban J connectivity index is 1.96. The summed E-state index contributed by atoms with van der Waals surface area (Å²) in [6.07, 6.45) is 1.53. The van der Waals surface area contributed by atoms with Gasteiger partial charge in [0.1, 0.15) is 29.0 Å². The number of allylic oxidation sites excluding steroid dienone is 1. The molecule has 1 aromatic carbocycles. The Hall–Kier alpha value is -3.79. The summed E-state index contributed by atoms with van der Waals surface area (Å²) in [5, 5.41) is 9.62. The van der Waals surface area contributed by atoms with Crippen LogP contribution in [0.25, 0.3) is 0 Å². The molecule has 0 saturated heterocycles. The highest BCUT2D eigenvalue weighted by molar-refractivity contribution is 5.55. The number of hydrogen-bond donors (Lipinski definition) is 1. The Morgan fingerprint density at radius 3 is 2.79 bits per heavy atom. The van der Waals surface area contributed by atoms with Crippen molar-refractivity contribution in [3.8, 4) is 11.8 Å². The van der Waals surface area contributed by atoms with Crippen LogP contribution < -0.4 is 16.0 Å². The van der Waals surface area contributed by atoms with Crippen molar-refractivity contribution in [2.75, 3.05) is 0 Å². The molecule has 0 radical (unpaired) electrons. The largest absolute Gasteiger partial charge is 0.467 e. The standard InChI is InChI=1S/C21H16FN3O3/c1-12-8-17-19(21(26)25(12)11-15-6-3-7-27-15)18(16(10-23)20(24)28-17)13-4-2-5-14(22)9-13/h2-9,18H,11,24H2,1H3. The van der Waals surface area contributed by atoms with Crippen molar-refractivity contribution in [3.63, 3.8) is 0 Å². The van der Waals surface area contributed by atoms with E-state index in [-0.39, 0.29) is 34.9 Å². The first-order chi connectivity index (χ1) is 13.5. The van der Waals surface area contributed by atoms with Gasteiger partial charge in [0, 0.05) is 11.8 Å². The van der Waals surface area contributed by atoms with E-state index in [1.54, 1.807) is 31.2 Å². The Morgan fingerprint density at radius 1 is 1.29 bits per heavy atom. The minimum Gasteiger partial charge on any atom is -0.467 e. The topological polar surface area (TPSA) is 94.2 Å². The Labute approximate surface area is 159 Å². The Morgan fingerprint density at radius 2 is 2.11 bits per heavy atom. The molecule has 3 aromatic rings. The lowest BCUT2D eigenvalue weighted by molar-refractivity contribution is 0.387. The Kier molecular flexibility index (Phi) is 4.24. The second kappa shape index (κ2) is 6.74. The molecule has 0 bridgehead atoms. The second-order valence-corrected chi connectivity index (χ2v) is 6.51. The molecule has 3 heterocycles. The van der Waals surface area contributed by atoms with Gasteiger partial charge in [-0.05, 0) is 36.8 Å². The van der Waals surface area contributed by atoms with Crippen molar-refractivity contribution < 1.29 is 13.5 Å². The lowest BCUT2D eigenvalue weighted by atomic mass is 9.84. The van der Waals surface area contributed by atoms with E-state index in [0.29, 0.717) is 17.0 Å². The van der Waals surface area contributed by atoms with Crippen LogP contribution in [0.15, 0.2) is 69.4 Å². The van der Waals surface area contributed by atoms with E-state index in [4.69, 9.17) is 14.9 Å². The first-order valence-electron chi connectivity index (χ1n) is 8.59. The molecule has 28 heavy (non-hydrogen) atoms. The molecule has 140 valence electrons. The zero-order valence-electron chi connectivity index (χ0n) is 15.0. The number of aryl methyl sites for hydroxylation is 1. The fraction of sp³-hybridized carbons (Fsp3) is 0.143. The van der Waals surface area contributed by atoms with E-state index in [9.17, 15) is 14.4 Å². The van der Waals surface area contributed by atoms with Crippen LogP contribution in [-0.2, 0) is 6.54 Å². The maximum absolute atomic E-state index is 13.9. The van der Waals surface area contributed by atoms with Crippen LogP contribution in [0.1, 0.15) is 28.5 Å². The number of aromatic nitrogens is 1. The summed E-state index contributed by atoms with van der Waals surface area (Å²) in [5.74, 6) is -0.500. The summed E-state index contributed by atoms with van der Waals surface area (Å²) in [7, 11) is 0. The quantitative estimate of drug-likeness (QED) is 0.757. The molecule has 1 aliphatic heterocycles. The van der Waals surface area contributed by atoms with Gasteiger partial charge in [-0.1, -0.05) is 12.1 Å². The molecule has 1 unspecified atom stereocenters. The smallest absolute Gasteiger partial charge is 0.259 e. The van der Waals surface area contributed by atoms with Gasteiger partial charge in [0.05, 0.1) is 24.3 Å². The lowest BCUT2D eigenvalue weighted by Crippen LogP contribution is -2.33. The van der Waals surface area contributed by atoms with Crippen LogP contribution in [-0.4, -0.2) is 4.57 Å². The number of pyridine rings is 1. The minimum atomic E-state index is -0.819.